The molecule has 33 heavy (non-hydrogen) atoms. The Morgan fingerprint density at radius 3 is 2.70 bits per heavy atom. The van der Waals surface area contributed by atoms with Gasteiger partial charge in [-0.05, 0) is 74.6 Å². The van der Waals surface area contributed by atoms with Crippen LogP contribution in [0, 0.1) is 12.7 Å². The normalized spacial score (nSPS) is 13.5. The highest BCUT2D eigenvalue weighted by atomic mass is 19.1. The Bertz CT molecular complexity index is 1410. The van der Waals surface area contributed by atoms with Crippen molar-refractivity contribution in [3.63, 3.8) is 0 Å². The summed E-state index contributed by atoms with van der Waals surface area (Å²) in [6, 6.07) is 11.1. The third-order valence-corrected chi connectivity index (χ3v) is 5.92. The minimum atomic E-state index is -0.555. The summed E-state index contributed by atoms with van der Waals surface area (Å²) in [6.07, 6.45) is 6.22. The largest absolute Gasteiger partial charge is 0.454 e. The zero-order chi connectivity index (χ0) is 22.9. The summed E-state index contributed by atoms with van der Waals surface area (Å²) >= 11 is 0. The zero-order valence-electron chi connectivity index (χ0n) is 18.3. The first kappa shape index (κ1) is 21.1. The van der Waals surface area contributed by atoms with Gasteiger partial charge in [-0.25, -0.2) is 18.9 Å². The second-order valence-corrected chi connectivity index (χ2v) is 8.32. The first-order chi connectivity index (χ1) is 16.0. The summed E-state index contributed by atoms with van der Waals surface area (Å²) < 4.78 is 22.1. The van der Waals surface area contributed by atoms with Crippen LogP contribution in [-0.4, -0.2) is 25.1 Å². The van der Waals surface area contributed by atoms with Crippen molar-refractivity contribution >= 4 is 11.6 Å². The van der Waals surface area contributed by atoms with Gasteiger partial charge in [0.2, 0.25) is 0 Å². The summed E-state index contributed by atoms with van der Waals surface area (Å²) in [5, 5.41) is 4.56. The lowest BCUT2D eigenvalue weighted by atomic mass is 10.1. The maximum absolute atomic E-state index is 13.4. The van der Waals surface area contributed by atoms with Gasteiger partial charge in [-0.1, -0.05) is 6.42 Å². The van der Waals surface area contributed by atoms with Gasteiger partial charge in [-0.3, -0.25) is 9.20 Å². The van der Waals surface area contributed by atoms with Crippen LogP contribution in [0.1, 0.15) is 52.3 Å². The van der Waals surface area contributed by atoms with Gasteiger partial charge in [0.1, 0.15) is 18.1 Å². The molecule has 5 rings (SSSR count). The fraction of sp³-hybridized carbons (Fsp3) is 0.280. The van der Waals surface area contributed by atoms with Crippen LogP contribution in [0.15, 0.2) is 53.5 Å². The summed E-state index contributed by atoms with van der Waals surface area (Å²) in [5.74, 6) is -0.883. The maximum atomic E-state index is 13.4. The van der Waals surface area contributed by atoms with Crippen molar-refractivity contribution in [3.05, 3.63) is 93.0 Å². The van der Waals surface area contributed by atoms with Gasteiger partial charge >= 0.3 is 5.97 Å². The van der Waals surface area contributed by atoms with E-state index in [4.69, 9.17) is 4.74 Å². The lowest BCUT2D eigenvalue weighted by Crippen LogP contribution is -2.17. The van der Waals surface area contributed by atoms with Crippen LogP contribution >= 0.6 is 0 Å². The highest BCUT2D eigenvalue weighted by Crippen LogP contribution is 2.27. The predicted octanol–water partition coefficient (Wildman–Crippen LogP) is 3.95. The van der Waals surface area contributed by atoms with Gasteiger partial charge in [0.05, 0.1) is 11.4 Å². The summed E-state index contributed by atoms with van der Waals surface area (Å²) in [5.41, 5.74) is 4.43. The van der Waals surface area contributed by atoms with Crippen molar-refractivity contribution in [2.75, 3.05) is 0 Å². The van der Waals surface area contributed by atoms with Crippen LogP contribution in [0.2, 0.25) is 0 Å². The van der Waals surface area contributed by atoms with Crippen molar-refractivity contribution in [3.8, 4) is 5.69 Å². The van der Waals surface area contributed by atoms with Gasteiger partial charge in [0.15, 0.2) is 5.69 Å². The second-order valence-electron chi connectivity index (χ2n) is 8.32. The van der Waals surface area contributed by atoms with Crippen molar-refractivity contribution < 1.29 is 13.9 Å². The summed E-state index contributed by atoms with van der Waals surface area (Å²) in [6.45, 7) is 1.79. The molecule has 8 heteroatoms. The Kier molecular flexibility index (Phi) is 5.50. The number of carbonyl (C=O) groups is 1. The molecule has 0 N–H and O–H groups in total. The molecule has 1 aromatic carbocycles. The molecule has 0 saturated heterocycles. The third kappa shape index (κ3) is 4.16. The van der Waals surface area contributed by atoms with E-state index in [2.05, 4.69) is 10.1 Å². The molecule has 7 nitrogen and oxygen atoms in total. The average molecular weight is 446 g/mol. The second kappa shape index (κ2) is 8.61. The molecule has 3 heterocycles. The molecule has 0 fully saturated rings. The first-order valence-corrected chi connectivity index (χ1v) is 11.0. The molecule has 0 radical (unpaired) electrons. The SMILES string of the molecule is Cc1ccn2c(=O)cc(COC(=O)c3nn(-c4ccc(F)cc4)c4c3CCCCC4)nc2c1. The van der Waals surface area contributed by atoms with Crippen LogP contribution in [0.3, 0.4) is 0 Å². The number of benzene rings is 1. The van der Waals surface area contributed by atoms with Crippen LogP contribution < -0.4 is 5.56 Å². The molecular formula is C25H23FN4O3. The number of halogens is 1. The molecule has 3 aromatic heterocycles. The number of pyridine rings is 1. The molecule has 1 aliphatic carbocycles. The van der Waals surface area contributed by atoms with Gasteiger partial charge in [0.25, 0.3) is 5.56 Å². The molecule has 0 aliphatic heterocycles. The summed E-state index contributed by atoms with van der Waals surface area (Å²) in [7, 11) is 0. The average Bonchev–Trinajstić information content (AvgIpc) is 2.98. The molecule has 168 valence electrons. The number of ether oxygens (including phenoxy) is 1. The van der Waals surface area contributed by atoms with Gasteiger partial charge in [-0.15, -0.1) is 0 Å². The van der Waals surface area contributed by atoms with Gasteiger partial charge in [0, 0.05) is 23.5 Å². The van der Waals surface area contributed by atoms with E-state index >= 15 is 0 Å². The number of aromatic nitrogens is 4. The Hall–Kier alpha value is -3.81. The number of hydrogen-bond donors (Lipinski definition) is 0. The van der Waals surface area contributed by atoms with E-state index in [0.29, 0.717) is 17.0 Å². The number of hydrogen-bond acceptors (Lipinski definition) is 5. The van der Waals surface area contributed by atoms with Crippen LogP contribution in [0.5, 0.6) is 0 Å². The van der Waals surface area contributed by atoms with Gasteiger partial charge in [-0.2, -0.15) is 5.10 Å². The third-order valence-electron chi connectivity index (χ3n) is 5.92. The Morgan fingerprint density at radius 1 is 1.09 bits per heavy atom. The van der Waals surface area contributed by atoms with Gasteiger partial charge < -0.3 is 4.74 Å². The van der Waals surface area contributed by atoms with Crippen LogP contribution in [-0.2, 0) is 24.2 Å². The number of esters is 1. The van der Waals surface area contributed by atoms with E-state index in [0.717, 1.165) is 48.9 Å². The highest BCUT2D eigenvalue weighted by Gasteiger charge is 2.26. The van der Waals surface area contributed by atoms with E-state index in [-0.39, 0.29) is 23.7 Å². The molecule has 0 bridgehead atoms. The van der Waals surface area contributed by atoms with E-state index < -0.39 is 5.97 Å². The quantitative estimate of drug-likeness (QED) is 0.350. The molecule has 0 spiro atoms. The minimum absolute atomic E-state index is 0.128. The Labute approximate surface area is 189 Å². The topological polar surface area (TPSA) is 78.5 Å². The first-order valence-electron chi connectivity index (χ1n) is 11.0. The van der Waals surface area contributed by atoms with Crippen molar-refractivity contribution in [2.45, 2.75) is 45.6 Å². The molecule has 4 aromatic rings. The molecular weight excluding hydrogens is 423 g/mol. The molecule has 0 amide bonds. The van der Waals surface area contributed by atoms with E-state index in [1.54, 1.807) is 29.1 Å². The number of carbonyl (C=O) groups excluding carboxylic acids is 1. The van der Waals surface area contributed by atoms with Crippen LogP contribution in [0.4, 0.5) is 4.39 Å². The van der Waals surface area contributed by atoms with E-state index in [1.165, 1.54) is 22.6 Å². The van der Waals surface area contributed by atoms with E-state index in [1.807, 2.05) is 13.0 Å². The van der Waals surface area contributed by atoms with Crippen molar-refractivity contribution in [2.24, 2.45) is 0 Å². The molecule has 0 atom stereocenters. The fourth-order valence-electron chi connectivity index (χ4n) is 4.27. The lowest BCUT2D eigenvalue weighted by molar-refractivity contribution is 0.0459. The Balaban J connectivity index is 1.44. The zero-order valence-corrected chi connectivity index (χ0v) is 18.3. The summed E-state index contributed by atoms with van der Waals surface area (Å²) in [4.78, 5) is 29.9. The predicted molar refractivity (Wildman–Crippen MR) is 120 cm³/mol. The minimum Gasteiger partial charge on any atom is -0.454 e. The fourth-order valence-corrected chi connectivity index (χ4v) is 4.27. The smallest absolute Gasteiger partial charge is 0.359 e. The van der Waals surface area contributed by atoms with E-state index in [9.17, 15) is 14.0 Å². The van der Waals surface area contributed by atoms with Crippen molar-refractivity contribution in [1.82, 2.24) is 19.2 Å². The Morgan fingerprint density at radius 2 is 1.88 bits per heavy atom. The number of fused-ring (bicyclic) bond motifs is 2. The maximum Gasteiger partial charge on any atom is 0.359 e. The molecule has 1 aliphatic rings. The molecule has 0 saturated carbocycles. The van der Waals surface area contributed by atoms with Crippen LogP contribution in [0.25, 0.3) is 11.3 Å². The number of nitrogens with zero attached hydrogens (tertiary/aromatic N) is 4. The standard InChI is InChI=1S/C25H23FN4O3/c1-16-11-12-29-22(13-16)27-18(14-23(29)31)15-33-25(32)24-20-5-3-2-4-6-21(20)30(28-24)19-9-7-17(26)8-10-19/h7-14H,2-6,15H2,1H3. The van der Waals surface area contributed by atoms with Crippen molar-refractivity contribution in [1.29, 1.82) is 0 Å². The monoisotopic (exact) mass is 446 g/mol. The molecule has 0 unspecified atom stereocenters. The number of aryl methyl sites for hydroxylation is 1. The highest BCUT2D eigenvalue weighted by molar-refractivity contribution is 5.89. The number of rotatable bonds is 4. The lowest BCUT2D eigenvalue weighted by Gasteiger charge is -2.07.